The Hall–Kier alpha value is -3.78. The zero-order chi connectivity index (χ0) is 26.9. The van der Waals surface area contributed by atoms with Gasteiger partial charge in [-0.25, -0.2) is 0 Å². The van der Waals surface area contributed by atoms with E-state index < -0.39 is 23.7 Å². The topological polar surface area (TPSA) is 101 Å². The van der Waals surface area contributed by atoms with Crippen molar-refractivity contribution in [3.8, 4) is 11.5 Å². The molecule has 0 bridgehead atoms. The number of methoxy groups -OCH3 is 1. The molecule has 1 N–H and O–H groups in total. The first-order chi connectivity index (χ1) is 18.2. The van der Waals surface area contributed by atoms with Crippen molar-refractivity contribution in [2.24, 2.45) is 17.8 Å². The third-order valence-electron chi connectivity index (χ3n) is 8.21. The third kappa shape index (κ3) is 3.46. The van der Waals surface area contributed by atoms with Crippen LogP contribution in [-0.4, -0.2) is 35.6 Å². The van der Waals surface area contributed by atoms with Crippen molar-refractivity contribution >= 4 is 45.0 Å². The molecule has 7 nitrogen and oxygen atoms in total. The van der Waals surface area contributed by atoms with Gasteiger partial charge in [-0.3, -0.25) is 24.1 Å². The molecule has 0 spiro atoms. The number of para-hydroxylation sites is 1. The number of phenolic OH excluding ortho intramolecular Hbond substituents is 1. The number of anilines is 1. The molecule has 4 atom stereocenters. The predicted molar refractivity (Wildman–Crippen MR) is 143 cm³/mol. The Bertz CT molecular complexity index is 1530. The molecule has 1 heterocycles. The minimum atomic E-state index is -0.732. The lowest BCUT2D eigenvalue weighted by atomic mass is 9.59. The normalized spacial score (nSPS) is 26.6. The van der Waals surface area contributed by atoms with E-state index in [1.165, 1.54) is 18.1 Å². The first-order valence-corrected chi connectivity index (χ1v) is 13.2. The molecule has 0 saturated carbocycles. The van der Waals surface area contributed by atoms with E-state index in [4.69, 9.17) is 4.74 Å². The van der Waals surface area contributed by atoms with Crippen LogP contribution in [0.5, 0.6) is 11.5 Å². The molecule has 1 fully saturated rings. The Kier molecular flexibility index (Phi) is 5.76. The van der Waals surface area contributed by atoms with Crippen molar-refractivity contribution in [3.05, 3.63) is 86.9 Å². The minimum Gasteiger partial charge on any atom is -0.504 e. The highest BCUT2D eigenvalue weighted by molar-refractivity contribution is 9.10. The summed E-state index contributed by atoms with van der Waals surface area (Å²) in [4.78, 5) is 55.4. The van der Waals surface area contributed by atoms with Crippen molar-refractivity contribution in [2.75, 3.05) is 12.0 Å². The maximum absolute atomic E-state index is 13.9. The van der Waals surface area contributed by atoms with Gasteiger partial charge in [-0.05, 0) is 62.1 Å². The molecule has 6 rings (SSSR count). The molecule has 38 heavy (non-hydrogen) atoms. The fourth-order valence-corrected chi connectivity index (χ4v) is 6.76. The van der Waals surface area contributed by atoms with Crippen LogP contribution in [0.4, 0.5) is 5.69 Å². The van der Waals surface area contributed by atoms with Crippen LogP contribution < -0.4 is 9.64 Å². The number of benzene rings is 2. The Morgan fingerprint density at radius 3 is 2.45 bits per heavy atom. The van der Waals surface area contributed by atoms with E-state index in [2.05, 4.69) is 15.9 Å². The summed E-state index contributed by atoms with van der Waals surface area (Å²) in [7, 11) is 1.44. The van der Waals surface area contributed by atoms with Crippen molar-refractivity contribution < 1.29 is 29.0 Å². The highest BCUT2D eigenvalue weighted by Crippen LogP contribution is 2.57. The maximum atomic E-state index is 13.9. The van der Waals surface area contributed by atoms with Gasteiger partial charge in [0.1, 0.15) is 0 Å². The quantitative estimate of drug-likeness (QED) is 0.321. The molecule has 192 valence electrons. The van der Waals surface area contributed by atoms with Crippen LogP contribution >= 0.6 is 15.9 Å². The van der Waals surface area contributed by atoms with E-state index >= 15 is 0 Å². The third-order valence-corrected chi connectivity index (χ3v) is 8.74. The summed E-state index contributed by atoms with van der Waals surface area (Å²) in [6.45, 7) is 1.61. The van der Waals surface area contributed by atoms with Crippen LogP contribution in [0.2, 0.25) is 0 Å². The molecule has 2 amide bonds. The van der Waals surface area contributed by atoms with Crippen LogP contribution in [-0.2, 0) is 19.2 Å². The summed E-state index contributed by atoms with van der Waals surface area (Å²) in [6.07, 6.45) is 3.79. The van der Waals surface area contributed by atoms with E-state index in [-0.39, 0.29) is 41.3 Å². The number of imide groups is 1. The molecule has 4 aliphatic rings. The van der Waals surface area contributed by atoms with Crippen molar-refractivity contribution in [3.63, 3.8) is 0 Å². The molecule has 1 aliphatic heterocycles. The second-order valence-electron chi connectivity index (χ2n) is 10.1. The number of ether oxygens (including phenoxy) is 1. The highest BCUT2D eigenvalue weighted by Gasteiger charge is 2.56. The largest absolute Gasteiger partial charge is 0.504 e. The molecule has 0 radical (unpaired) electrons. The first kappa shape index (κ1) is 24.6. The molecule has 0 aromatic heterocycles. The summed E-state index contributed by atoms with van der Waals surface area (Å²) < 4.78 is 6.16. The Labute approximate surface area is 227 Å². The lowest BCUT2D eigenvalue weighted by Crippen LogP contribution is -2.39. The number of amides is 2. The molecule has 3 aliphatic carbocycles. The summed E-state index contributed by atoms with van der Waals surface area (Å²) in [5.74, 6) is -3.40. The number of carbonyl (C=O) groups excluding carboxylic acids is 4. The number of rotatable bonds is 3. The number of hydrogen-bond acceptors (Lipinski definition) is 6. The fourth-order valence-electron chi connectivity index (χ4n) is 6.50. The number of ketones is 2. The summed E-state index contributed by atoms with van der Waals surface area (Å²) in [5, 5.41) is 11.1. The lowest BCUT2D eigenvalue weighted by molar-refractivity contribution is -0.123. The average Bonchev–Trinajstić information content (AvgIpc) is 3.16. The molecule has 2 aromatic rings. The molecular formula is C30H24BrNO6. The SMILES string of the molecule is COc1cccc(C2C3=CCC4C(=O)N(c5ccc(Br)cc5)C(=O)C4C3CC3=C2C(=O)C(C)=CC3=O)c1O. The van der Waals surface area contributed by atoms with Gasteiger partial charge in [-0.2, -0.15) is 0 Å². The van der Waals surface area contributed by atoms with Gasteiger partial charge in [0, 0.05) is 32.7 Å². The van der Waals surface area contributed by atoms with Crippen LogP contribution in [0, 0.1) is 17.8 Å². The number of halogens is 1. The van der Waals surface area contributed by atoms with E-state index in [0.717, 1.165) is 10.0 Å². The van der Waals surface area contributed by atoms with Gasteiger partial charge in [0.25, 0.3) is 0 Å². The van der Waals surface area contributed by atoms with Gasteiger partial charge in [0.15, 0.2) is 23.1 Å². The van der Waals surface area contributed by atoms with Crippen LogP contribution in [0.25, 0.3) is 0 Å². The van der Waals surface area contributed by atoms with Crippen LogP contribution in [0.1, 0.15) is 31.2 Å². The number of fused-ring (bicyclic) bond motifs is 3. The van der Waals surface area contributed by atoms with E-state index in [1.807, 2.05) is 6.08 Å². The van der Waals surface area contributed by atoms with Crippen molar-refractivity contribution in [2.45, 2.75) is 25.7 Å². The van der Waals surface area contributed by atoms with Gasteiger partial charge < -0.3 is 9.84 Å². The van der Waals surface area contributed by atoms with Gasteiger partial charge in [0.2, 0.25) is 11.8 Å². The maximum Gasteiger partial charge on any atom is 0.238 e. The molecule has 4 unspecified atom stereocenters. The van der Waals surface area contributed by atoms with Crippen molar-refractivity contribution in [1.82, 2.24) is 0 Å². The summed E-state index contributed by atoms with van der Waals surface area (Å²) in [5.41, 5.74) is 2.73. The van der Waals surface area contributed by atoms with Gasteiger partial charge in [-0.1, -0.05) is 39.7 Å². The summed E-state index contributed by atoms with van der Waals surface area (Å²) >= 11 is 3.39. The summed E-state index contributed by atoms with van der Waals surface area (Å²) in [6, 6.07) is 12.1. The molecule has 2 aromatic carbocycles. The first-order valence-electron chi connectivity index (χ1n) is 12.4. The van der Waals surface area contributed by atoms with Gasteiger partial charge in [0.05, 0.1) is 24.6 Å². The smallest absolute Gasteiger partial charge is 0.238 e. The average molecular weight is 574 g/mol. The number of aromatic hydroxyl groups is 1. The van der Waals surface area contributed by atoms with Crippen molar-refractivity contribution in [1.29, 1.82) is 0 Å². The van der Waals surface area contributed by atoms with Crippen LogP contribution in [0.15, 0.2) is 81.4 Å². The zero-order valence-electron chi connectivity index (χ0n) is 20.7. The van der Waals surface area contributed by atoms with E-state index in [9.17, 15) is 24.3 Å². The van der Waals surface area contributed by atoms with E-state index in [1.54, 1.807) is 49.4 Å². The number of hydrogen-bond donors (Lipinski definition) is 1. The van der Waals surface area contributed by atoms with Gasteiger partial charge >= 0.3 is 0 Å². The Morgan fingerprint density at radius 1 is 1.00 bits per heavy atom. The second kappa shape index (κ2) is 8.91. The predicted octanol–water partition coefficient (Wildman–Crippen LogP) is 4.80. The van der Waals surface area contributed by atoms with E-state index in [0.29, 0.717) is 34.4 Å². The highest BCUT2D eigenvalue weighted by atomic mass is 79.9. The number of phenols is 1. The Morgan fingerprint density at radius 2 is 1.74 bits per heavy atom. The Balaban J connectivity index is 1.51. The zero-order valence-corrected chi connectivity index (χ0v) is 22.3. The fraction of sp³-hybridized carbons (Fsp3) is 0.267. The van der Waals surface area contributed by atoms with Gasteiger partial charge in [-0.15, -0.1) is 0 Å². The molecule has 8 heteroatoms. The lowest BCUT2D eigenvalue weighted by Gasteiger charge is -2.42. The van der Waals surface area contributed by atoms with Crippen LogP contribution in [0.3, 0.4) is 0 Å². The minimum absolute atomic E-state index is 0.117. The number of Topliss-reactive ketones (excluding diaryl/α,β-unsaturated/α-hetero) is 1. The molecule has 1 saturated heterocycles. The standard InChI is InChI=1S/C30H24BrNO6/c1-14-12-22(33)21-13-20-17(24(26(21)27(14)34)18-4-3-5-23(38-2)28(18)35)10-11-19-25(20)30(37)32(29(19)36)16-8-6-15(31)7-9-16/h3-10,12,19-20,24-25,35H,11,13H2,1-2H3. The number of nitrogens with zero attached hydrogens (tertiary/aromatic N) is 1. The second-order valence-corrected chi connectivity index (χ2v) is 11.0. The monoisotopic (exact) mass is 573 g/mol. The number of allylic oxidation sites excluding steroid dienone is 6. The molecular weight excluding hydrogens is 550 g/mol. The number of carbonyl (C=O) groups is 4.